The van der Waals surface area contributed by atoms with Gasteiger partial charge in [-0.25, -0.2) is 0 Å². The number of hydrogen-bond donors (Lipinski definition) is 3. The lowest BCUT2D eigenvalue weighted by Crippen LogP contribution is -2.47. The Morgan fingerprint density at radius 3 is 2.65 bits per heavy atom. The number of piperidine rings is 2. The number of carboxylic acid groups (broad SMARTS) is 1. The summed E-state index contributed by atoms with van der Waals surface area (Å²) in [6, 6.07) is -0.814. The van der Waals surface area contributed by atoms with Crippen molar-refractivity contribution in [2.75, 3.05) is 26.2 Å². The lowest BCUT2D eigenvalue weighted by molar-refractivity contribution is -0.137. The lowest BCUT2D eigenvalue weighted by atomic mass is 9.92. The lowest BCUT2D eigenvalue weighted by Gasteiger charge is -2.33. The van der Waals surface area contributed by atoms with Gasteiger partial charge in [-0.2, -0.15) is 0 Å². The maximum Gasteiger partial charge on any atom is 0.306 e. The van der Waals surface area contributed by atoms with Gasteiger partial charge in [-0.3, -0.25) is 14.4 Å². The fourth-order valence-electron chi connectivity index (χ4n) is 3.69. The van der Waals surface area contributed by atoms with Gasteiger partial charge in [-0.1, -0.05) is 5.92 Å². The molecule has 2 aliphatic heterocycles. The van der Waals surface area contributed by atoms with Crippen molar-refractivity contribution in [2.45, 2.75) is 51.0 Å². The topological polar surface area (TPSA) is 98.7 Å². The summed E-state index contributed by atoms with van der Waals surface area (Å²) in [6.45, 7) is 3.12. The standard InChI is InChI=1S/C19H29N3O4/c1-2-16(12-18(24)25)21-19(26)15-4-3-11-22(13-15)17(23)6-5-14-7-9-20-10-8-14/h1,14-16,20H,3-13H2,(H,21,26)(H,24,25)/t15-,16-/m1/s1. The molecule has 2 fully saturated rings. The van der Waals surface area contributed by atoms with Crippen LogP contribution >= 0.6 is 0 Å². The van der Waals surface area contributed by atoms with E-state index >= 15 is 0 Å². The van der Waals surface area contributed by atoms with Crippen LogP contribution in [-0.4, -0.2) is 60.0 Å². The third-order valence-corrected chi connectivity index (χ3v) is 5.27. The molecule has 0 spiro atoms. The summed E-state index contributed by atoms with van der Waals surface area (Å²) in [5.74, 6) is 1.38. The highest BCUT2D eigenvalue weighted by molar-refractivity contribution is 5.82. The van der Waals surface area contributed by atoms with Crippen LogP contribution in [0.1, 0.15) is 44.9 Å². The van der Waals surface area contributed by atoms with E-state index in [1.54, 1.807) is 4.90 Å². The molecule has 3 N–H and O–H groups in total. The third-order valence-electron chi connectivity index (χ3n) is 5.27. The number of amides is 2. The molecule has 2 aliphatic rings. The van der Waals surface area contributed by atoms with E-state index in [1.807, 2.05) is 0 Å². The van der Waals surface area contributed by atoms with Crippen LogP contribution in [0.3, 0.4) is 0 Å². The largest absolute Gasteiger partial charge is 0.481 e. The smallest absolute Gasteiger partial charge is 0.306 e. The van der Waals surface area contributed by atoms with Crippen LogP contribution in [0.5, 0.6) is 0 Å². The molecule has 7 nitrogen and oxygen atoms in total. The van der Waals surface area contributed by atoms with Gasteiger partial charge >= 0.3 is 5.97 Å². The summed E-state index contributed by atoms with van der Waals surface area (Å²) in [6.07, 6.45) is 10.1. The zero-order valence-electron chi connectivity index (χ0n) is 15.2. The fraction of sp³-hybridized carbons (Fsp3) is 0.737. The van der Waals surface area contributed by atoms with Crippen molar-refractivity contribution in [3.63, 3.8) is 0 Å². The first kappa shape index (κ1) is 20.2. The van der Waals surface area contributed by atoms with E-state index in [1.165, 1.54) is 0 Å². The Morgan fingerprint density at radius 1 is 1.27 bits per heavy atom. The minimum absolute atomic E-state index is 0.111. The zero-order chi connectivity index (χ0) is 18.9. The van der Waals surface area contributed by atoms with Gasteiger partial charge in [-0.15, -0.1) is 6.42 Å². The molecule has 2 rings (SSSR count). The minimum Gasteiger partial charge on any atom is -0.481 e. The number of likely N-dealkylation sites (tertiary alicyclic amines) is 1. The van der Waals surface area contributed by atoms with Crippen molar-refractivity contribution < 1.29 is 19.5 Å². The van der Waals surface area contributed by atoms with Crippen molar-refractivity contribution in [1.82, 2.24) is 15.5 Å². The zero-order valence-corrected chi connectivity index (χ0v) is 15.2. The predicted molar refractivity (Wildman–Crippen MR) is 97.1 cm³/mol. The average Bonchev–Trinajstić information content (AvgIpc) is 2.66. The Labute approximate surface area is 154 Å². The van der Waals surface area contributed by atoms with Crippen LogP contribution in [0, 0.1) is 24.2 Å². The second kappa shape index (κ2) is 10.2. The Kier molecular flexibility index (Phi) is 7.92. The summed E-state index contributed by atoms with van der Waals surface area (Å²) in [5, 5.41) is 14.8. The molecule has 0 aromatic carbocycles. The van der Waals surface area contributed by atoms with Crippen molar-refractivity contribution in [1.29, 1.82) is 0 Å². The first-order valence-corrected chi connectivity index (χ1v) is 9.46. The number of carbonyl (C=O) groups is 3. The average molecular weight is 363 g/mol. The van der Waals surface area contributed by atoms with E-state index in [0.717, 1.165) is 38.8 Å². The molecule has 144 valence electrons. The molecule has 0 aromatic rings. The minimum atomic E-state index is -1.05. The summed E-state index contributed by atoms with van der Waals surface area (Å²) >= 11 is 0. The third kappa shape index (κ3) is 6.34. The molecule has 0 unspecified atom stereocenters. The van der Waals surface area contributed by atoms with Gasteiger partial charge in [0.25, 0.3) is 0 Å². The van der Waals surface area contributed by atoms with Crippen LogP contribution in [0.15, 0.2) is 0 Å². The van der Waals surface area contributed by atoms with E-state index in [9.17, 15) is 14.4 Å². The normalized spacial score (nSPS) is 22.3. The number of hydrogen-bond acceptors (Lipinski definition) is 4. The summed E-state index contributed by atoms with van der Waals surface area (Å²) < 4.78 is 0. The second-order valence-electron chi connectivity index (χ2n) is 7.24. The number of terminal acetylenes is 1. The molecular formula is C19H29N3O4. The van der Waals surface area contributed by atoms with Gasteiger partial charge in [0.15, 0.2) is 0 Å². The molecule has 2 atom stereocenters. The molecule has 0 aliphatic carbocycles. The number of rotatable bonds is 7. The van der Waals surface area contributed by atoms with Crippen LogP contribution < -0.4 is 10.6 Å². The Morgan fingerprint density at radius 2 is 2.00 bits per heavy atom. The molecule has 2 heterocycles. The first-order chi connectivity index (χ1) is 12.5. The van der Waals surface area contributed by atoms with Gasteiger partial charge in [0.2, 0.25) is 11.8 Å². The van der Waals surface area contributed by atoms with Crippen LogP contribution in [-0.2, 0) is 14.4 Å². The van der Waals surface area contributed by atoms with E-state index in [-0.39, 0.29) is 24.2 Å². The predicted octanol–water partition coefficient (Wildman–Crippen LogP) is 0.598. The van der Waals surface area contributed by atoms with Crippen LogP contribution in [0.2, 0.25) is 0 Å². The van der Waals surface area contributed by atoms with Crippen molar-refractivity contribution in [3.8, 4) is 12.3 Å². The molecule has 0 radical (unpaired) electrons. The van der Waals surface area contributed by atoms with Crippen molar-refractivity contribution in [2.24, 2.45) is 11.8 Å². The molecule has 2 saturated heterocycles. The number of aliphatic carboxylic acids is 1. The maximum absolute atomic E-state index is 12.5. The van der Waals surface area contributed by atoms with Gasteiger partial charge < -0.3 is 20.6 Å². The van der Waals surface area contributed by atoms with Crippen LogP contribution in [0.25, 0.3) is 0 Å². The molecule has 2 amide bonds. The van der Waals surface area contributed by atoms with E-state index in [2.05, 4.69) is 16.6 Å². The Balaban J connectivity index is 1.79. The summed E-state index contributed by atoms with van der Waals surface area (Å²) in [5.41, 5.74) is 0. The van der Waals surface area contributed by atoms with Crippen molar-refractivity contribution in [3.05, 3.63) is 0 Å². The van der Waals surface area contributed by atoms with Crippen molar-refractivity contribution >= 4 is 17.8 Å². The van der Waals surface area contributed by atoms with E-state index in [0.29, 0.717) is 31.8 Å². The SMILES string of the molecule is C#C[C@H](CC(=O)O)NC(=O)[C@@H]1CCCN(C(=O)CCC2CCNCC2)C1. The number of nitrogens with zero attached hydrogens (tertiary/aromatic N) is 1. The van der Waals surface area contributed by atoms with E-state index < -0.39 is 12.0 Å². The first-order valence-electron chi connectivity index (χ1n) is 9.46. The molecule has 0 saturated carbocycles. The van der Waals surface area contributed by atoms with E-state index in [4.69, 9.17) is 11.5 Å². The monoisotopic (exact) mass is 363 g/mol. The fourth-order valence-corrected chi connectivity index (χ4v) is 3.69. The maximum atomic E-state index is 12.5. The molecule has 7 heteroatoms. The number of carbonyl (C=O) groups excluding carboxylic acids is 2. The van der Waals surface area contributed by atoms with Crippen LogP contribution in [0.4, 0.5) is 0 Å². The summed E-state index contributed by atoms with van der Waals surface area (Å²) in [4.78, 5) is 37.4. The highest BCUT2D eigenvalue weighted by Crippen LogP contribution is 2.21. The Hall–Kier alpha value is -2.07. The van der Waals surface area contributed by atoms with Gasteiger partial charge in [0.05, 0.1) is 12.3 Å². The highest BCUT2D eigenvalue weighted by atomic mass is 16.4. The number of nitrogens with one attached hydrogen (secondary N) is 2. The van der Waals surface area contributed by atoms with Gasteiger partial charge in [-0.05, 0) is 51.1 Å². The summed E-state index contributed by atoms with van der Waals surface area (Å²) in [7, 11) is 0. The molecule has 26 heavy (non-hydrogen) atoms. The highest BCUT2D eigenvalue weighted by Gasteiger charge is 2.29. The Bertz CT molecular complexity index is 551. The molecule has 0 aromatic heterocycles. The second-order valence-corrected chi connectivity index (χ2v) is 7.24. The molecule has 0 bridgehead atoms. The van der Waals surface area contributed by atoms with Gasteiger partial charge in [0.1, 0.15) is 6.04 Å². The quantitative estimate of drug-likeness (QED) is 0.575. The number of carboxylic acids is 1. The van der Waals surface area contributed by atoms with Gasteiger partial charge in [0, 0.05) is 19.5 Å². The molecular weight excluding hydrogens is 334 g/mol.